The largest absolute Gasteiger partial charge is 0.381 e. The lowest BCUT2D eigenvalue weighted by molar-refractivity contribution is 0.608. The van der Waals surface area contributed by atoms with Crippen LogP contribution in [-0.2, 0) is 0 Å². The predicted molar refractivity (Wildman–Crippen MR) is 71.9 cm³/mol. The zero-order chi connectivity index (χ0) is 13.4. The summed E-state index contributed by atoms with van der Waals surface area (Å²) in [6.45, 7) is 1.57. The van der Waals surface area contributed by atoms with Gasteiger partial charge >= 0.3 is 0 Å². The van der Waals surface area contributed by atoms with Gasteiger partial charge in [0.05, 0.1) is 11.2 Å². The first kappa shape index (κ1) is 11.5. The third kappa shape index (κ3) is 1.89. The SMILES string of the molecule is Cc1nc(-c2ccnc3ccccc23)nc(N)c1F. The summed E-state index contributed by atoms with van der Waals surface area (Å²) in [5, 5.41) is 0.912. The highest BCUT2D eigenvalue weighted by Gasteiger charge is 2.12. The van der Waals surface area contributed by atoms with Crippen LogP contribution >= 0.6 is 0 Å². The van der Waals surface area contributed by atoms with Crippen molar-refractivity contribution < 1.29 is 4.39 Å². The molecule has 94 valence electrons. The van der Waals surface area contributed by atoms with Crippen LogP contribution in [0, 0.1) is 12.7 Å². The van der Waals surface area contributed by atoms with Gasteiger partial charge in [0.25, 0.3) is 0 Å². The normalized spacial score (nSPS) is 10.8. The van der Waals surface area contributed by atoms with E-state index >= 15 is 0 Å². The van der Waals surface area contributed by atoms with Crippen LogP contribution < -0.4 is 5.73 Å². The molecule has 0 aliphatic heterocycles. The standard InChI is InChI=1S/C14H11FN4/c1-8-12(15)13(16)19-14(18-8)10-6-7-17-11-5-3-2-4-9(10)11/h2-7H,1H3,(H2,16,18,19). The van der Waals surface area contributed by atoms with Crippen LogP contribution in [-0.4, -0.2) is 15.0 Å². The van der Waals surface area contributed by atoms with Crippen molar-refractivity contribution in [1.29, 1.82) is 0 Å². The molecule has 2 heterocycles. The van der Waals surface area contributed by atoms with Crippen LogP contribution in [0.3, 0.4) is 0 Å². The van der Waals surface area contributed by atoms with Crippen LogP contribution in [0.15, 0.2) is 36.5 Å². The lowest BCUT2D eigenvalue weighted by Crippen LogP contribution is -2.03. The smallest absolute Gasteiger partial charge is 0.186 e. The van der Waals surface area contributed by atoms with E-state index in [2.05, 4.69) is 15.0 Å². The summed E-state index contributed by atoms with van der Waals surface area (Å²) in [6, 6.07) is 9.44. The Morgan fingerprint density at radius 3 is 2.68 bits per heavy atom. The van der Waals surface area contributed by atoms with E-state index in [1.54, 1.807) is 19.2 Å². The average Bonchev–Trinajstić information content (AvgIpc) is 2.43. The molecule has 3 aromatic rings. The molecule has 1 aromatic carbocycles. The summed E-state index contributed by atoms with van der Waals surface area (Å²) in [6.07, 6.45) is 1.68. The molecule has 0 atom stereocenters. The molecule has 4 nitrogen and oxygen atoms in total. The van der Waals surface area contributed by atoms with Gasteiger partial charge in [-0.25, -0.2) is 14.4 Å². The van der Waals surface area contributed by atoms with Gasteiger partial charge in [-0.15, -0.1) is 0 Å². The summed E-state index contributed by atoms with van der Waals surface area (Å²) in [7, 11) is 0. The molecule has 0 aliphatic carbocycles. The molecule has 19 heavy (non-hydrogen) atoms. The predicted octanol–water partition coefficient (Wildman–Crippen LogP) is 2.72. The van der Waals surface area contributed by atoms with Crippen molar-refractivity contribution in [3.63, 3.8) is 0 Å². The van der Waals surface area contributed by atoms with E-state index < -0.39 is 5.82 Å². The molecule has 5 heteroatoms. The van der Waals surface area contributed by atoms with Gasteiger partial charge in [0, 0.05) is 17.1 Å². The van der Waals surface area contributed by atoms with Crippen molar-refractivity contribution >= 4 is 16.7 Å². The minimum absolute atomic E-state index is 0.136. The first-order chi connectivity index (χ1) is 9.16. The number of hydrogen-bond donors (Lipinski definition) is 1. The van der Waals surface area contributed by atoms with Gasteiger partial charge in [-0.2, -0.15) is 0 Å². The van der Waals surface area contributed by atoms with Crippen molar-refractivity contribution in [2.24, 2.45) is 0 Å². The molecule has 0 amide bonds. The van der Waals surface area contributed by atoms with Crippen LogP contribution in [0.4, 0.5) is 10.2 Å². The molecule has 0 radical (unpaired) electrons. The van der Waals surface area contributed by atoms with Crippen molar-refractivity contribution in [3.8, 4) is 11.4 Å². The highest BCUT2D eigenvalue weighted by Crippen LogP contribution is 2.26. The molecule has 0 saturated heterocycles. The molecule has 3 rings (SSSR count). The van der Waals surface area contributed by atoms with E-state index in [1.165, 1.54) is 0 Å². The Morgan fingerprint density at radius 1 is 1.11 bits per heavy atom. The number of aromatic nitrogens is 3. The first-order valence-corrected chi connectivity index (χ1v) is 5.80. The zero-order valence-corrected chi connectivity index (χ0v) is 10.3. The lowest BCUT2D eigenvalue weighted by Gasteiger charge is -2.07. The molecule has 2 aromatic heterocycles. The number of nitrogens with two attached hydrogens (primary N) is 1. The van der Waals surface area contributed by atoms with Gasteiger partial charge in [-0.3, -0.25) is 4.98 Å². The van der Waals surface area contributed by atoms with Crippen LogP contribution in [0.5, 0.6) is 0 Å². The van der Waals surface area contributed by atoms with Gasteiger partial charge in [-0.1, -0.05) is 18.2 Å². The maximum atomic E-state index is 13.5. The number of halogens is 1. The Morgan fingerprint density at radius 2 is 1.89 bits per heavy atom. The van der Waals surface area contributed by atoms with Crippen molar-refractivity contribution in [1.82, 2.24) is 15.0 Å². The average molecular weight is 254 g/mol. The van der Waals surface area contributed by atoms with Gasteiger partial charge in [0.15, 0.2) is 17.5 Å². The Bertz CT molecular complexity index is 742. The first-order valence-electron chi connectivity index (χ1n) is 5.80. The molecular formula is C14H11FN4. The van der Waals surface area contributed by atoms with Crippen LogP contribution in [0.25, 0.3) is 22.3 Å². The molecule has 0 bridgehead atoms. The Hall–Kier alpha value is -2.56. The van der Waals surface area contributed by atoms with Crippen molar-refractivity contribution in [2.45, 2.75) is 6.92 Å². The third-order valence-corrected chi connectivity index (χ3v) is 2.93. The minimum atomic E-state index is -0.567. The van der Waals surface area contributed by atoms with E-state index in [9.17, 15) is 4.39 Å². The Balaban J connectivity index is 2.31. The van der Waals surface area contributed by atoms with Gasteiger partial charge in [-0.05, 0) is 19.1 Å². The monoisotopic (exact) mass is 254 g/mol. The molecule has 0 unspecified atom stereocenters. The summed E-state index contributed by atoms with van der Waals surface area (Å²) in [5.41, 5.74) is 7.43. The van der Waals surface area contributed by atoms with Crippen molar-refractivity contribution in [3.05, 3.63) is 48.0 Å². The molecular weight excluding hydrogens is 243 g/mol. The zero-order valence-electron chi connectivity index (χ0n) is 10.3. The van der Waals surface area contributed by atoms with Crippen LogP contribution in [0.1, 0.15) is 5.69 Å². The number of nitrogen functional groups attached to an aromatic ring is 1. The van der Waals surface area contributed by atoms with E-state index in [0.29, 0.717) is 5.82 Å². The number of rotatable bonds is 1. The fourth-order valence-corrected chi connectivity index (χ4v) is 1.99. The number of fused-ring (bicyclic) bond motifs is 1. The third-order valence-electron chi connectivity index (χ3n) is 2.93. The van der Waals surface area contributed by atoms with E-state index in [4.69, 9.17) is 5.73 Å². The molecule has 2 N–H and O–H groups in total. The Kier molecular flexibility index (Phi) is 2.59. The highest BCUT2D eigenvalue weighted by atomic mass is 19.1. The molecule has 0 fully saturated rings. The van der Waals surface area contributed by atoms with E-state index in [0.717, 1.165) is 16.5 Å². The fraction of sp³-hybridized carbons (Fsp3) is 0.0714. The summed E-state index contributed by atoms with van der Waals surface area (Å²) in [5.74, 6) is -0.291. The topological polar surface area (TPSA) is 64.7 Å². The number of aryl methyl sites for hydroxylation is 1. The van der Waals surface area contributed by atoms with Gasteiger partial charge < -0.3 is 5.73 Å². The molecule has 0 saturated carbocycles. The number of benzene rings is 1. The second-order valence-corrected chi connectivity index (χ2v) is 4.21. The lowest BCUT2D eigenvalue weighted by atomic mass is 10.1. The number of nitrogens with zero attached hydrogens (tertiary/aromatic N) is 3. The highest BCUT2D eigenvalue weighted by molar-refractivity contribution is 5.92. The maximum absolute atomic E-state index is 13.5. The maximum Gasteiger partial charge on any atom is 0.186 e. The second-order valence-electron chi connectivity index (χ2n) is 4.21. The summed E-state index contributed by atoms with van der Waals surface area (Å²) >= 11 is 0. The van der Waals surface area contributed by atoms with Gasteiger partial charge in [0.2, 0.25) is 0 Å². The number of hydrogen-bond acceptors (Lipinski definition) is 4. The quantitative estimate of drug-likeness (QED) is 0.725. The van der Waals surface area contributed by atoms with E-state index in [-0.39, 0.29) is 11.5 Å². The number of pyridine rings is 1. The van der Waals surface area contributed by atoms with Gasteiger partial charge in [0.1, 0.15) is 0 Å². The van der Waals surface area contributed by atoms with Crippen LogP contribution in [0.2, 0.25) is 0 Å². The second kappa shape index (κ2) is 4.28. The summed E-state index contributed by atoms with van der Waals surface area (Å²) in [4.78, 5) is 12.4. The number of anilines is 1. The minimum Gasteiger partial charge on any atom is -0.381 e. The molecule has 0 aliphatic rings. The van der Waals surface area contributed by atoms with E-state index in [1.807, 2.05) is 24.3 Å². The number of para-hydroxylation sites is 1. The molecule has 0 spiro atoms. The summed E-state index contributed by atoms with van der Waals surface area (Å²) < 4.78 is 13.5. The Labute approximate surface area is 109 Å². The fourth-order valence-electron chi connectivity index (χ4n) is 1.99. The van der Waals surface area contributed by atoms with Crippen molar-refractivity contribution in [2.75, 3.05) is 5.73 Å².